The molecule has 3 heterocycles. The predicted octanol–water partition coefficient (Wildman–Crippen LogP) is 6.98. The van der Waals surface area contributed by atoms with Crippen LogP contribution in [0.2, 0.25) is 0 Å². The number of nitrogens with one attached hydrogen (secondary N) is 3. The van der Waals surface area contributed by atoms with Gasteiger partial charge in [0.05, 0.1) is 0 Å². The lowest BCUT2D eigenvalue weighted by Crippen LogP contribution is -2.32. The van der Waals surface area contributed by atoms with Gasteiger partial charge < -0.3 is 14.7 Å². The Bertz CT molecular complexity index is 1470. The molecule has 3 N–H and O–H groups in total. The Kier molecular flexibility index (Phi) is 7.61. The van der Waals surface area contributed by atoms with E-state index < -0.39 is 12.3 Å². The van der Waals surface area contributed by atoms with Gasteiger partial charge in [0.15, 0.2) is 23.5 Å². The van der Waals surface area contributed by atoms with Crippen molar-refractivity contribution in [1.82, 2.24) is 30.3 Å². The van der Waals surface area contributed by atoms with Crippen LogP contribution in [0.25, 0.3) is 22.3 Å². The summed E-state index contributed by atoms with van der Waals surface area (Å²) in [5, 5.41) is 6.57. The van der Waals surface area contributed by atoms with Gasteiger partial charge in [-0.15, -0.1) is 5.48 Å². The first-order chi connectivity index (χ1) is 20.5. The van der Waals surface area contributed by atoms with Crippen LogP contribution in [0.5, 0.6) is 0 Å². The summed E-state index contributed by atoms with van der Waals surface area (Å²) in [6, 6.07) is 11.1. The largest absolute Gasteiger partial charge is 0.427 e. The first kappa shape index (κ1) is 27.4. The second-order valence-corrected chi connectivity index (χ2v) is 13.0. The molecule has 2 atom stereocenters. The number of nitrogens with zero attached hydrogens (tertiary/aromatic N) is 4. The summed E-state index contributed by atoms with van der Waals surface area (Å²) in [4.78, 5) is 32.2. The number of aromatic nitrogens is 4. The van der Waals surface area contributed by atoms with Crippen LogP contribution >= 0.6 is 0 Å². The van der Waals surface area contributed by atoms with Crippen molar-refractivity contribution in [2.45, 2.75) is 103 Å². The molecule has 2 aromatic heterocycles. The van der Waals surface area contributed by atoms with Crippen molar-refractivity contribution < 1.29 is 9.63 Å². The quantitative estimate of drug-likeness (QED) is 0.269. The number of fused-ring (bicyclic) bond motifs is 1. The normalized spacial score (nSPS) is 25.7. The minimum Gasteiger partial charge on any atom is -0.365 e. The number of amides is 1. The first-order valence-corrected chi connectivity index (χ1v) is 16.1. The molecule has 222 valence electrons. The van der Waals surface area contributed by atoms with Crippen LogP contribution in [0.15, 0.2) is 30.3 Å². The third kappa shape index (κ3) is 5.39. The van der Waals surface area contributed by atoms with Crippen LogP contribution in [0.1, 0.15) is 108 Å². The molecule has 2 saturated carbocycles. The summed E-state index contributed by atoms with van der Waals surface area (Å²) in [7, 11) is 0. The van der Waals surface area contributed by atoms with Crippen LogP contribution in [-0.2, 0) is 11.4 Å². The van der Waals surface area contributed by atoms with Crippen LogP contribution in [0.4, 0.5) is 10.6 Å². The van der Waals surface area contributed by atoms with E-state index in [-0.39, 0.29) is 6.04 Å². The number of imidazole rings is 1. The van der Waals surface area contributed by atoms with Gasteiger partial charge >= 0.3 is 6.09 Å². The van der Waals surface area contributed by atoms with E-state index in [0.29, 0.717) is 23.3 Å². The van der Waals surface area contributed by atoms with E-state index in [0.717, 1.165) is 48.9 Å². The van der Waals surface area contributed by atoms with E-state index >= 15 is 0 Å². The molecule has 1 saturated heterocycles. The number of carbonyl (C=O) groups is 1. The van der Waals surface area contributed by atoms with Gasteiger partial charge in [0, 0.05) is 12.6 Å². The monoisotopic (exact) mass is 569 g/mol. The number of rotatable bonds is 8. The van der Waals surface area contributed by atoms with Gasteiger partial charge in [0.25, 0.3) is 0 Å². The summed E-state index contributed by atoms with van der Waals surface area (Å²) in [6.45, 7) is 5.56. The maximum absolute atomic E-state index is 11.9. The molecule has 0 spiro atoms. The Morgan fingerprint density at radius 1 is 0.976 bits per heavy atom. The van der Waals surface area contributed by atoms with Crippen LogP contribution in [0, 0.1) is 17.8 Å². The van der Waals surface area contributed by atoms with Crippen molar-refractivity contribution in [3.63, 3.8) is 0 Å². The minimum atomic E-state index is -0.622. The van der Waals surface area contributed by atoms with Crippen LogP contribution in [-0.4, -0.2) is 31.7 Å². The summed E-state index contributed by atoms with van der Waals surface area (Å²) in [6.07, 6.45) is 12.1. The number of benzene rings is 1. The maximum atomic E-state index is 11.9. The zero-order valence-corrected chi connectivity index (χ0v) is 24.9. The Morgan fingerprint density at radius 3 is 2.43 bits per heavy atom. The SMILES string of the molecule is CC1CCC(Cn2c(C3=C(c4ccccc4)CCCC3)nc3nc(C4NOC(=O)N4)nc(N[C@H](C)C4CCC4)c32)CC1. The molecular weight excluding hydrogens is 526 g/mol. The molecule has 0 radical (unpaired) electrons. The molecular formula is C33H43N7O2. The van der Waals surface area contributed by atoms with Crippen molar-refractivity contribution >= 4 is 34.2 Å². The smallest absolute Gasteiger partial charge is 0.365 e. The summed E-state index contributed by atoms with van der Waals surface area (Å²) in [5.41, 5.74) is 8.42. The maximum Gasteiger partial charge on any atom is 0.427 e. The lowest BCUT2D eigenvalue weighted by Gasteiger charge is -2.32. The van der Waals surface area contributed by atoms with Crippen molar-refractivity contribution in [2.24, 2.45) is 17.8 Å². The van der Waals surface area contributed by atoms with Crippen LogP contribution < -0.4 is 16.1 Å². The number of anilines is 1. The van der Waals surface area contributed by atoms with Crippen LogP contribution in [0.3, 0.4) is 0 Å². The molecule has 1 amide bonds. The van der Waals surface area contributed by atoms with Gasteiger partial charge in [-0.3, -0.25) is 5.32 Å². The Hall–Kier alpha value is -3.46. The molecule has 0 bridgehead atoms. The van der Waals surface area contributed by atoms with Gasteiger partial charge in [-0.2, -0.15) is 0 Å². The zero-order valence-electron chi connectivity index (χ0n) is 24.9. The third-order valence-electron chi connectivity index (χ3n) is 10.1. The van der Waals surface area contributed by atoms with Gasteiger partial charge in [-0.25, -0.2) is 19.7 Å². The molecule has 42 heavy (non-hydrogen) atoms. The van der Waals surface area contributed by atoms with Gasteiger partial charge in [-0.1, -0.05) is 56.5 Å². The Labute approximate surface area is 247 Å². The van der Waals surface area contributed by atoms with E-state index in [1.54, 1.807) is 0 Å². The third-order valence-corrected chi connectivity index (χ3v) is 10.1. The van der Waals surface area contributed by atoms with Crippen molar-refractivity contribution in [3.05, 3.63) is 47.5 Å². The molecule has 4 aliphatic rings. The molecule has 9 nitrogen and oxygen atoms in total. The number of carbonyl (C=O) groups excluding carboxylic acids is 1. The second-order valence-electron chi connectivity index (χ2n) is 13.0. The van der Waals surface area contributed by atoms with Crippen molar-refractivity contribution in [2.75, 3.05) is 5.32 Å². The minimum absolute atomic E-state index is 0.281. The lowest BCUT2D eigenvalue weighted by molar-refractivity contribution is 0.120. The fourth-order valence-electron chi connectivity index (χ4n) is 7.25. The van der Waals surface area contributed by atoms with E-state index in [1.807, 2.05) is 0 Å². The molecule has 1 aliphatic heterocycles. The first-order valence-electron chi connectivity index (χ1n) is 16.1. The topological polar surface area (TPSA) is 106 Å². The molecule has 1 aromatic carbocycles. The van der Waals surface area contributed by atoms with Crippen molar-refractivity contribution in [3.8, 4) is 0 Å². The fourth-order valence-corrected chi connectivity index (χ4v) is 7.25. The van der Waals surface area contributed by atoms with Crippen molar-refractivity contribution in [1.29, 1.82) is 0 Å². The van der Waals surface area contributed by atoms with Gasteiger partial charge in [0.2, 0.25) is 0 Å². The average Bonchev–Trinajstić information content (AvgIpc) is 3.57. The van der Waals surface area contributed by atoms with Gasteiger partial charge in [-0.05, 0) is 92.8 Å². The summed E-state index contributed by atoms with van der Waals surface area (Å²) in [5.74, 6) is 4.33. The number of hydrogen-bond donors (Lipinski definition) is 3. The highest BCUT2D eigenvalue weighted by Crippen LogP contribution is 2.41. The second kappa shape index (κ2) is 11.7. The molecule has 9 heteroatoms. The van der Waals surface area contributed by atoms with E-state index in [2.05, 4.69) is 64.9 Å². The summed E-state index contributed by atoms with van der Waals surface area (Å²) >= 11 is 0. The number of hydrogen-bond acceptors (Lipinski definition) is 7. The molecule has 3 aliphatic carbocycles. The average molecular weight is 570 g/mol. The molecule has 7 rings (SSSR count). The highest BCUT2D eigenvalue weighted by atomic mass is 16.7. The van der Waals surface area contributed by atoms with E-state index in [9.17, 15) is 4.79 Å². The highest BCUT2D eigenvalue weighted by molar-refractivity contribution is 5.94. The number of hydroxylamine groups is 1. The molecule has 3 aromatic rings. The summed E-state index contributed by atoms with van der Waals surface area (Å²) < 4.78 is 2.45. The molecule has 3 fully saturated rings. The van der Waals surface area contributed by atoms with E-state index in [4.69, 9.17) is 19.8 Å². The lowest BCUT2D eigenvalue weighted by atomic mass is 9.80. The zero-order chi connectivity index (χ0) is 28.6. The number of allylic oxidation sites excluding steroid dienone is 2. The Morgan fingerprint density at radius 2 is 1.74 bits per heavy atom. The molecule has 1 unspecified atom stereocenters. The van der Waals surface area contributed by atoms with E-state index in [1.165, 1.54) is 68.1 Å². The predicted molar refractivity (Wildman–Crippen MR) is 164 cm³/mol. The standard InChI is InChI=1S/C33H43N7O2/c1-20-15-17-22(18-16-20)19-40-27-28(34-21(2)23-11-8-12-23)35-30(31-38-33(41)42-39-31)36-29(27)37-32(40)26-14-7-6-13-25(26)24-9-4-3-5-10-24/h3-5,9-10,20-23,31,39H,6-8,11-19H2,1-2H3,(H,38,41)(H,34,35,36)/t20?,21-,22?,31?/m1/s1. The fraction of sp³-hybridized carbons (Fsp3) is 0.576. The highest BCUT2D eigenvalue weighted by Gasteiger charge is 2.32. The van der Waals surface area contributed by atoms with Gasteiger partial charge in [0.1, 0.15) is 11.3 Å². The Balaban J connectivity index is 1.40.